The van der Waals surface area contributed by atoms with Crippen molar-refractivity contribution in [2.24, 2.45) is 5.41 Å². The highest BCUT2D eigenvalue weighted by Crippen LogP contribution is 2.21. The number of para-hydroxylation sites is 1. The Morgan fingerprint density at radius 1 is 1.35 bits per heavy atom. The summed E-state index contributed by atoms with van der Waals surface area (Å²) in [5.74, 6) is -0.671. The number of ether oxygens (including phenoxy) is 1. The van der Waals surface area contributed by atoms with E-state index in [2.05, 4.69) is 10.3 Å². The Morgan fingerprint density at radius 2 is 2.08 bits per heavy atom. The van der Waals surface area contributed by atoms with E-state index in [-0.39, 0.29) is 12.5 Å². The Labute approximate surface area is 156 Å². The Bertz CT molecular complexity index is 811. The number of carboxylic acids is 1. The molecule has 2 aromatic rings. The summed E-state index contributed by atoms with van der Waals surface area (Å²) in [5.41, 5.74) is 0.600. The number of amides is 1. The number of carboxylic acid groups (broad SMARTS) is 1. The molecule has 0 unspecified atom stereocenters. The first-order valence-electron chi connectivity index (χ1n) is 8.10. The van der Waals surface area contributed by atoms with Gasteiger partial charge in [-0.15, -0.1) is 11.3 Å². The van der Waals surface area contributed by atoms with Gasteiger partial charge in [0.2, 0.25) is 5.91 Å². The first kappa shape index (κ1) is 19.7. The summed E-state index contributed by atoms with van der Waals surface area (Å²) >= 11 is 1.57. The van der Waals surface area contributed by atoms with Crippen molar-refractivity contribution in [2.45, 2.75) is 27.4 Å². The Kier molecular flexibility index (Phi) is 6.52. The van der Waals surface area contributed by atoms with Crippen LogP contribution in [0.15, 0.2) is 35.7 Å². The lowest BCUT2D eigenvalue weighted by atomic mass is 9.94. The molecule has 138 valence electrons. The lowest BCUT2D eigenvalue weighted by Crippen LogP contribution is -2.38. The molecule has 1 aromatic carbocycles. The zero-order valence-electron chi connectivity index (χ0n) is 15.0. The maximum absolute atomic E-state index is 11.9. The maximum Gasteiger partial charge on any atom is 0.310 e. The van der Waals surface area contributed by atoms with Gasteiger partial charge in [-0.1, -0.05) is 18.2 Å². The van der Waals surface area contributed by atoms with Crippen LogP contribution in [0.2, 0.25) is 0 Å². The molecule has 1 heterocycles. The van der Waals surface area contributed by atoms with Gasteiger partial charge in [0.05, 0.1) is 16.1 Å². The standard InChI is InChI=1S/C19H22N2O4S/c1-13-21-15(11-26-13)10-25-16-7-5-4-6-14(16)8-9-17(22)20-12-19(2,3)18(23)24/h4-9,11H,10,12H2,1-3H3,(H,20,22)(H,23,24). The van der Waals surface area contributed by atoms with Crippen molar-refractivity contribution in [3.63, 3.8) is 0 Å². The molecule has 0 spiro atoms. The highest BCUT2D eigenvalue weighted by atomic mass is 32.1. The van der Waals surface area contributed by atoms with Crippen LogP contribution in [-0.4, -0.2) is 28.5 Å². The normalized spacial score (nSPS) is 11.5. The van der Waals surface area contributed by atoms with E-state index in [9.17, 15) is 9.59 Å². The fourth-order valence-corrected chi connectivity index (χ4v) is 2.58. The van der Waals surface area contributed by atoms with E-state index in [1.54, 1.807) is 31.3 Å². The number of aliphatic carboxylic acids is 1. The summed E-state index contributed by atoms with van der Waals surface area (Å²) in [4.78, 5) is 27.4. The average molecular weight is 374 g/mol. The first-order valence-corrected chi connectivity index (χ1v) is 8.98. The van der Waals surface area contributed by atoms with Crippen LogP contribution in [0.25, 0.3) is 6.08 Å². The van der Waals surface area contributed by atoms with Crippen LogP contribution < -0.4 is 10.1 Å². The predicted molar refractivity (Wildman–Crippen MR) is 101 cm³/mol. The van der Waals surface area contributed by atoms with E-state index >= 15 is 0 Å². The lowest BCUT2D eigenvalue weighted by molar-refractivity contribution is -0.146. The number of aryl methyl sites for hydroxylation is 1. The summed E-state index contributed by atoms with van der Waals surface area (Å²) in [7, 11) is 0. The van der Waals surface area contributed by atoms with E-state index in [0.717, 1.165) is 16.3 Å². The molecule has 6 nitrogen and oxygen atoms in total. The largest absolute Gasteiger partial charge is 0.487 e. The second kappa shape index (κ2) is 8.62. The van der Waals surface area contributed by atoms with E-state index < -0.39 is 11.4 Å². The van der Waals surface area contributed by atoms with Gasteiger partial charge in [-0.3, -0.25) is 9.59 Å². The first-order chi connectivity index (χ1) is 12.3. The minimum absolute atomic E-state index is 0.0484. The van der Waals surface area contributed by atoms with Crippen LogP contribution in [0.3, 0.4) is 0 Å². The zero-order chi connectivity index (χ0) is 19.2. The second-order valence-electron chi connectivity index (χ2n) is 6.42. The molecule has 0 aliphatic heterocycles. The summed E-state index contributed by atoms with van der Waals surface area (Å²) in [6.07, 6.45) is 3.01. The molecule has 0 saturated heterocycles. The Morgan fingerprint density at radius 3 is 2.73 bits per heavy atom. The molecule has 26 heavy (non-hydrogen) atoms. The lowest BCUT2D eigenvalue weighted by Gasteiger charge is -2.18. The van der Waals surface area contributed by atoms with Gasteiger partial charge in [0.25, 0.3) is 0 Å². The minimum atomic E-state index is -1.02. The van der Waals surface area contributed by atoms with Crippen molar-refractivity contribution >= 4 is 29.3 Å². The molecule has 2 N–H and O–H groups in total. The van der Waals surface area contributed by atoms with Gasteiger partial charge in [-0.05, 0) is 32.9 Å². The minimum Gasteiger partial charge on any atom is -0.487 e. The summed E-state index contributed by atoms with van der Waals surface area (Å²) in [6, 6.07) is 7.37. The van der Waals surface area contributed by atoms with Crippen molar-refractivity contribution in [3.05, 3.63) is 52.0 Å². The van der Waals surface area contributed by atoms with Crippen LogP contribution in [0.1, 0.15) is 30.1 Å². The van der Waals surface area contributed by atoms with Crippen LogP contribution in [0, 0.1) is 12.3 Å². The van der Waals surface area contributed by atoms with Gasteiger partial charge < -0.3 is 15.2 Å². The fourth-order valence-electron chi connectivity index (χ4n) is 1.98. The number of nitrogens with one attached hydrogen (secondary N) is 1. The molecule has 0 saturated carbocycles. The van der Waals surface area contributed by atoms with Crippen molar-refractivity contribution in [2.75, 3.05) is 6.54 Å². The van der Waals surface area contributed by atoms with E-state index in [0.29, 0.717) is 12.4 Å². The summed E-state index contributed by atoms with van der Waals surface area (Å²) in [6.45, 7) is 5.46. The van der Waals surface area contributed by atoms with E-state index in [1.807, 2.05) is 36.6 Å². The molecule has 0 aliphatic rings. The van der Waals surface area contributed by atoms with Crippen molar-refractivity contribution in [3.8, 4) is 5.75 Å². The third kappa shape index (κ3) is 5.70. The van der Waals surface area contributed by atoms with Crippen molar-refractivity contribution in [1.29, 1.82) is 0 Å². The third-order valence-corrected chi connectivity index (χ3v) is 4.48. The number of rotatable bonds is 8. The molecular weight excluding hydrogens is 352 g/mol. The molecule has 7 heteroatoms. The molecule has 2 rings (SSSR count). The number of nitrogens with zero attached hydrogens (tertiary/aromatic N) is 1. The quantitative estimate of drug-likeness (QED) is 0.692. The maximum atomic E-state index is 11.9. The average Bonchev–Trinajstić information content (AvgIpc) is 3.02. The molecule has 0 aliphatic carbocycles. The van der Waals surface area contributed by atoms with Gasteiger partial charge in [-0.2, -0.15) is 0 Å². The molecular formula is C19H22N2O4S. The Hall–Kier alpha value is -2.67. The summed E-state index contributed by atoms with van der Waals surface area (Å²) in [5, 5.41) is 14.6. The SMILES string of the molecule is Cc1nc(COc2ccccc2C=CC(=O)NCC(C)(C)C(=O)O)cs1. The summed E-state index contributed by atoms with van der Waals surface area (Å²) < 4.78 is 5.80. The Balaban J connectivity index is 1.97. The van der Waals surface area contributed by atoms with Gasteiger partial charge >= 0.3 is 5.97 Å². The topological polar surface area (TPSA) is 88.5 Å². The smallest absolute Gasteiger partial charge is 0.310 e. The van der Waals surface area contributed by atoms with Gasteiger partial charge in [0, 0.05) is 23.6 Å². The highest BCUT2D eigenvalue weighted by molar-refractivity contribution is 7.09. The van der Waals surface area contributed by atoms with Crippen LogP contribution in [-0.2, 0) is 16.2 Å². The van der Waals surface area contributed by atoms with Gasteiger partial charge in [-0.25, -0.2) is 4.98 Å². The molecule has 0 bridgehead atoms. The van der Waals surface area contributed by atoms with E-state index in [4.69, 9.17) is 9.84 Å². The molecule has 1 aromatic heterocycles. The van der Waals surface area contributed by atoms with Crippen molar-refractivity contribution in [1.82, 2.24) is 10.3 Å². The number of hydrogen-bond acceptors (Lipinski definition) is 5. The molecule has 0 atom stereocenters. The van der Waals surface area contributed by atoms with E-state index in [1.165, 1.54) is 6.08 Å². The van der Waals surface area contributed by atoms with Gasteiger partial charge in [0.15, 0.2) is 0 Å². The number of benzene rings is 1. The number of hydrogen-bond donors (Lipinski definition) is 2. The van der Waals surface area contributed by atoms with Crippen LogP contribution in [0.4, 0.5) is 0 Å². The van der Waals surface area contributed by atoms with Crippen LogP contribution >= 0.6 is 11.3 Å². The fraction of sp³-hybridized carbons (Fsp3) is 0.316. The number of carbonyl (C=O) groups is 2. The second-order valence-corrected chi connectivity index (χ2v) is 7.49. The van der Waals surface area contributed by atoms with Crippen molar-refractivity contribution < 1.29 is 19.4 Å². The molecule has 0 radical (unpaired) electrons. The zero-order valence-corrected chi connectivity index (χ0v) is 15.8. The van der Waals surface area contributed by atoms with Gasteiger partial charge in [0.1, 0.15) is 12.4 Å². The number of aromatic nitrogens is 1. The number of thiazole rings is 1. The number of carbonyl (C=O) groups excluding carboxylic acids is 1. The molecule has 0 fully saturated rings. The highest BCUT2D eigenvalue weighted by Gasteiger charge is 2.27. The monoisotopic (exact) mass is 374 g/mol. The third-order valence-electron chi connectivity index (χ3n) is 3.66. The predicted octanol–water partition coefficient (Wildman–Crippen LogP) is 3.27. The molecule has 1 amide bonds. The van der Waals surface area contributed by atoms with Crippen LogP contribution in [0.5, 0.6) is 5.75 Å².